The quantitative estimate of drug-likeness (QED) is 0.252. The molecule has 9 nitrogen and oxygen atoms in total. The summed E-state index contributed by atoms with van der Waals surface area (Å²) in [6, 6.07) is 23.8. The number of aliphatic hydroxyl groups excluding tert-OH is 1. The number of methoxy groups -OCH3 is 1. The van der Waals surface area contributed by atoms with Crippen LogP contribution in [-0.2, 0) is 6.54 Å². The average Bonchev–Trinajstić information content (AvgIpc) is 3.25. The number of para-hydroxylation sites is 1. The lowest BCUT2D eigenvalue weighted by Gasteiger charge is -2.12. The highest BCUT2D eigenvalue weighted by Gasteiger charge is 2.17. The van der Waals surface area contributed by atoms with Crippen molar-refractivity contribution in [3.8, 4) is 17.2 Å². The molecule has 4 N–H and O–H groups in total. The van der Waals surface area contributed by atoms with Gasteiger partial charge in [0.05, 0.1) is 32.2 Å². The number of anilines is 1. The molecule has 1 unspecified atom stereocenters. The highest BCUT2D eigenvalue weighted by atomic mass is 16.5. The van der Waals surface area contributed by atoms with Gasteiger partial charge >= 0.3 is 0 Å². The molecule has 0 aliphatic carbocycles. The fourth-order valence-corrected chi connectivity index (χ4v) is 3.35. The summed E-state index contributed by atoms with van der Waals surface area (Å²) < 4.78 is 12.6. The third-order valence-corrected chi connectivity index (χ3v) is 5.19. The number of aliphatic hydroxyl groups is 1. The Bertz CT molecular complexity index is 1310. The zero-order chi connectivity index (χ0) is 24.6. The van der Waals surface area contributed by atoms with E-state index in [0.717, 1.165) is 5.56 Å². The van der Waals surface area contributed by atoms with E-state index in [-0.39, 0.29) is 17.9 Å². The van der Waals surface area contributed by atoms with E-state index >= 15 is 0 Å². The Labute approximate surface area is 202 Å². The number of hydrazone groups is 1. The van der Waals surface area contributed by atoms with E-state index in [0.29, 0.717) is 22.8 Å². The summed E-state index contributed by atoms with van der Waals surface area (Å²) in [6.45, 7) is 0.114. The molecule has 0 radical (unpaired) electrons. The van der Waals surface area contributed by atoms with Crippen molar-refractivity contribution in [1.82, 2.24) is 15.2 Å². The number of nitrogens with zero attached hydrogens (tertiary/aromatic N) is 3. The van der Waals surface area contributed by atoms with E-state index < -0.39 is 12.0 Å². The Balaban J connectivity index is 1.41. The molecular formula is C26H25N5O4. The smallest absolute Gasteiger partial charge is 0.276 e. The van der Waals surface area contributed by atoms with Crippen LogP contribution in [0.1, 0.15) is 27.6 Å². The van der Waals surface area contributed by atoms with E-state index in [9.17, 15) is 9.90 Å². The van der Waals surface area contributed by atoms with Gasteiger partial charge in [-0.05, 0) is 41.5 Å². The molecule has 3 aromatic carbocycles. The van der Waals surface area contributed by atoms with Gasteiger partial charge < -0.3 is 20.3 Å². The van der Waals surface area contributed by atoms with E-state index in [2.05, 4.69) is 15.6 Å². The highest BCUT2D eigenvalue weighted by molar-refractivity contribution is 5.98. The number of nitrogens with two attached hydrogens (primary N) is 1. The number of ether oxygens (including phenoxy) is 2. The third-order valence-electron chi connectivity index (χ3n) is 5.19. The molecule has 1 amide bonds. The molecule has 35 heavy (non-hydrogen) atoms. The number of nitrogen functional groups attached to an aromatic ring is 1. The van der Waals surface area contributed by atoms with Crippen LogP contribution in [0, 0.1) is 0 Å². The van der Waals surface area contributed by atoms with Gasteiger partial charge in [-0.1, -0.05) is 48.5 Å². The Morgan fingerprint density at radius 3 is 2.54 bits per heavy atom. The van der Waals surface area contributed by atoms with Crippen LogP contribution in [-0.4, -0.2) is 34.1 Å². The molecule has 0 aliphatic heterocycles. The minimum atomic E-state index is -0.810. The van der Waals surface area contributed by atoms with Crippen molar-refractivity contribution in [3.63, 3.8) is 0 Å². The van der Waals surface area contributed by atoms with Crippen LogP contribution in [0.25, 0.3) is 0 Å². The molecule has 178 valence electrons. The molecule has 0 saturated heterocycles. The average molecular weight is 472 g/mol. The van der Waals surface area contributed by atoms with Gasteiger partial charge in [-0.25, -0.2) is 10.1 Å². The number of carbonyl (C=O) groups excluding carboxylic acids is 1. The highest BCUT2D eigenvalue weighted by Crippen LogP contribution is 2.32. The van der Waals surface area contributed by atoms with Crippen molar-refractivity contribution in [3.05, 3.63) is 102 Å². The second-order valence-electron chi connectivity index (χ2n) is 7.58. The zero-order valence-electron chi connectivity index (χ0n) is 19.0. The molecule has 0 spiro atoms. The molecule has 9 heteroatoms. The maximum atomic E-state index is 12.6. The van der Waals surface area contributed by atoms with Crippen LogP contribution in [0.2, 0.25) is 0 Å². The first kappa shape index (κ1) is 23.5. The number of nitrogens with one attached hydrogen (secondary N) is 1. The molecule has 0 aliphatic rings. The first-order valence-electron chi connectivity index (χ1n) is 10.8. The summed E-state index contributed by atoms with van der Waals surface area (Å²) in [6.07, 6.45) is 2.01. The van der Waals surface area contributed by atoms with Crippen molar-refractivity contribution >= 4 is 17.9 Å². The topological polar surface area (TPSA) is 124 Å². The molecule has 1 heterocycles. The number of carbonyl (C=O) groups is 1. The van der Waals surface area contributed by atoms with Gasteiger partial charge in [0.25, 0.3) is 5.91 Å². The lowest BCUT2D eigenvalue weighted by molar-refractivity contribution is 0.0955. The van der Waals surface area contributed by atoms with Crippen LogP contribution < -0.4 is 20.6 Å². The van der Waals surface area contributed by atoms with Gasteiger partial charge in [-0.3, -0.25) is 4.79 Å². The lowest BCUT2D eigenvalue weighted by Crippen LogP contribution is -2.19. The van der Waals surface area contributed by atoms with E-state index in [1.165, 1.54) is 17.1 Å². The minimum Gasteiger partial charge on any atom is -0.493 e. The molecule has 4 rings (SSSR count). The molecule has 4 aromatic rings. The van der Waals surface area contributed by atoms with Crippen LogP contribution in [0.15, 0.2) is 90.2 Å². The maximum Gasteiger partial charge on any atom is 0.276 e. The lowest BCUT2D eigenvalue weighted by atomic mass is 10.1. The zero-order valence-corrected chi connectivity index (χ0v) is 19.0. The standard InChI is InChI=1S/C26H25N5O4/c1-34-23-13-12-18(14-24(23)35-20-10-6-3-7-11-20)15-28-30-26(33)21-16-29-31(25(21)27)17-22(32)19-8-4-2-5-9-19/h2-16,22,32H,17,27H2,1H3,(H,30,33)/b28-15-. The van der Waals surface area contributed by atoms with Gasteiger partial charge in [0.2, 0.25) is 0 Å². The largest absolute Gasteiger partial charge is 0.493 e. The van der Waals surface area contributed by atoms with Crippen molar-refractivity contribution in [2.45, 2.75) is 12.6 Å². The second-order valence-corrected chi connectivity index (χ2v) is 7.58. The third kappa shape index (κ3) is 5.84. The van der Waals surface area contributed by atoms with Gasteiger partial charge in [0, 0.05) is 0 Å². The SMILES string of the molecule is COc1ccc(/C=N\NC(=O)c2cnn(CC(O)c3ccccc3)c2N)cc1Oc1ccccc1. The molecule has 0 bridgehead atoms. The fraction of sp³-hybridized carbons (Fsp3) is 0.115. The predicted octanol–water partition coefficient (Wildman–Crippen LogP) is 3.76. The van der Waals surface area contributed by atoms with Crippen molar-refractivity contribution in [2.75, 3.05) is 12.8 Å². The van der Waals surface area contributed by atoms with E-state index in [4.69, 9.17) is 15.2 Å². The number of hydrogen-bond acceptors (Lipinski definition) is 7. The second kappa shape index (κ2) is 11.0. The summed E-state index contributed by atoms with van der Waals surface area (Å²) in [5.74, 6) is 1.35. The van der Waals surface area contributed by atoms with Crippen LogP contribution in [0.3, 0.4) is 0 Å². The Morgan fingerprint density at radius 2 is 1.83 bits per heavy atom. The Kier molecular flexibility index (Phi) is 7.39. The molecule has 1 aromatic heterocycles. The number of benzene rings is 3. The number of amides is 1. The van der Waals surface area contributed by atoms with Gasteiger partial charge in [-0.2, -0.15) is 10.2 Å². The maximum absolute atomic E-state index is 12.6. The van der Waals surface area contributed by atoms with Gasteiger partial charge in [0.1, 0.15) is 17.1 Å². The van der Waals surface area contributed by atoms with E-state index in [1.807, 2.05) is 60.7 Å². The molecule has 1 atom stereocenters. The molecule has 0 fully saturated rings. The summed E-state index contributed by atoms with van der Waals surface area (Å²) >= 11 is 0. The van der Waals surface area contributed by atoms with E-state index in [1.54, 1.807) is 25.3 Å². The van der Waals surface area contributed by atoms with Gasteiger partial charge in [0.15, 0.2) is 11.5 Å². The van der Waals surface area contributed by atoms with Crippen LogP contribution >= 0.6 is 0 Å². The monoisotopic (exact) mass is 471 g/mol. The summed E-state index contributed by atoms with van der Waals surface area (Å²) in [5.41, 5.74) is 10.1. The van der Waals surface area contributed by atoms with Crippen LogP contribution in [0.4, 0.5) is 5.82 Å². The fourth-order valence-electron chi connectivity index (χ4n) is 3.35. The summed E-state index contributed by atoms with van der Waals surface area (Å²) in [4.78, 5) is 12.6. The summed E-state index contributed by atoms with van der Waals surface area (Å²) in [7, 11) is 1.56. The van der Waals surface area contributed by atoms with Crippen molar-refractivity contribution < 1.29 is 19.4 Å². The van der Waals surface area contributed by atoms with Gasteiger partial charge in [-0.15, -0.1) is 0 Å². The predicted molar refractivity (Wildman–Crippen MR) is 133 cm³/mol. The first-order chi connectivity index (χ1) is 17.0. The minimum absolute atomic E-state index is 0.114. The number of rotatable bonds is 9. The van der Waals surface area contributed by atoms with Crippen molar-refractivity contribution in [2.24, 2.45) is 5.10 Å². The van der Waals surface area contributed by atoms with Crippen LogP contribution in [0.5, 0.6) is 17.2 Å². The molecular weight excluding hydrogens is 446 g/mol. The normalized spacial score (nSPS) is 11.8. The first-order valence-corrected chi connectivity index (χ1v) is 10.8. The van der Waals surface area contributed by atoms with Crippen molar-refractivity contribution in [1.29, 1.82) is 0 Å². The summed E-state index contributed by atoms with van der Waals surface area (Å²) in [5, 5.41) is 18.6. The Hall–Kier alpha value is -4.63. The molecule has 0 saturated carbocycles. The Morgan fingerprint density at radius 1 is 1.11 bits per heavy atom. The number of hydrogen-bond donors (Lipinski definition) is 3. The number of aromatic nitrogens is 2.